The average molecular weight is 224 g/mol. The number of aromatic amines is 1. The number of H-pyrrole nitrogens is 1. The van der Waals surface area contributed by atoms with Gasteiger partial charge in [-0.1, -0.05) is 12.1 Å². The molecule has 0 saturated carbocycles. The summed E-state index contributed by atoms with van der Waals surface area (Å²) in [7, 11) is 0. The third kappa shape index (κ3) is 1.63. The van der Waals surface area contributed by atoms with Gasteiger partial charge in [0.2, 0.25) is 0 Å². The van der Waals surface area contributed by atoms with Gasteiger partial charge in [0.25, 0.3) is 0 Å². The van der Waals surface area contributed by atoms with Crippen LogP contribution in [0.1, 0.15) is 5.69 Å². The van der Waals surface area contributed by atoms with Gasteiger partial charge in [-0.3, -0.25) is 5.10 Å². The molecular formula is C13H12N4. The molecule has 0 aliphatic carbocycles. The molecule has 0 amide bonds. The third-order valence-corrected chi connectivity index (χ3v) is 2.77. The van der Waals surface area contributed by atoms with Gasteiger partial charge in [-0.15, -0.1) is 0 Å². The van der Waals surface area contributed by atoms with Gasteiger partial charge in [-0.2, -0.15) is 5.10 Å². The van der Waals surface area contributed by atoms with E-state index in [1.54, 1.807) is 6.20 Å². The smallest absolute Gasteiger partial charge is 0.155 e. The van der Waals surface area contributed by atoms with Gasteiger partial charge in [0.1, 0.15) is 0 Å². The Morgan fingerprint density at radius 1 is 1.18 bits per heavy atom. The number of anilines is 1. The molecule has 17 heavy (non-hydrogen) atoms. The minimum Gasteiger partial charge on any atom is -0.399 e. The molecule has 2 heterocycles. The summed E-state index contributed by atoms with van der Waals surface area (Å²) in [6.07, 6.45) is 1.80. The van der Waals surface area contributed by atoms with Crippen molar-refractivity contribution < 1.29 is 0 Å². The maximum absolute atomic E-state index is 5.70. The van der Waals surface area contributed by atoms with Crippen molar-refractivity contribution in [3.8, 4) is 11.1 Å². The standard InChI is InChI=1S/C13H12N4/c1-8-6-11(9-2-4-10(14)5-3-9)12-7-15-17-13(12)16-8/h2-7H,14H2,1H3,(H,15,16,17). The van der Waals surface area contributed by atoms with E-state index in [1.165, 1.54) is 0 Å². The fourth-order valence-electron chi connectivity index (χ4n) is 1.96. The van der Waals surface area contributed by atoms with Crippen molar-refractivity contribution in [3.63, 3.8) is 0 Å². The number of pyridine rings is 1. The highest BCUT2D eigenvalue weighted by molar-refractivity contribution is 5.92. The summed E-state index contributed by atoms with van der Waals surface area (Å²) in [4.78, 5) is 4.40. The van der Waals surface area contributed by atoms with Crippen LogP contribution < -0.4 is 5.73 Å². The Hall–Kier alpha value is -2.36. The Labute approximate surface area is 98.5 Å². The first-order valence-electron chi connectivity index (χ1n) is 5.41. The lowest BCUT2D eigenvalue weighted by atomic mass is 10.0. The molecule has 0 fully saturated rings. The summed E-state index contributed by atoms with van der Waals surface area (Å²) in [5.74, 6) is 0. The quantitative estimate of drug-likeness (QED) is 0.624. The summed E-state index contributed by atoms with van der Waals surface area (Å²) in [5.41, 5.74) is 10.5. The van der Waals surface area contributed by atoms with Crippen molar-refractivity contribution in [2.75, 3.05) is 5.73 Å². The summed E-state index contributed by atoms with van der Waals surface area (Å²) in [6.45, 7) is 1.97. The number of nitrogens with zero attached hydrogens (tertiary/aromatic N) is 2. The molecule has 0 saturated heterocycles. The fraction of sp³-hybridized carbons (Fsp3) is 0.0769. The number of nitrogen functional groups attached to an aromatic ring is 1. The summed E-state index contributed by atoms with van der Waals surface area (Å²) >= 11 is 0. The van der Waals surface area contributed by atoms with Crippen LogP contribution in [0.25, 0.3) is 22.2 Å². The van der Waals surface area contributed by atoms with E-state index in [0.29, 0.717) is 0 Å². The van der Waals surface area contributed by atoms with Gasteiger partial charge in [0.15, 0.2) is 5.65 Å². The largest absolute Gasteiger partial charge is 0.399 e. The predicted octanol–water partition coefficient (Wildman–Crippen LogP) is 2.52. The van der Waals surface area contributed by atoms with Crippen molar-refractivity contribution in [1.29, 1.82) is 0 Å². The number of benzene rings is 1. The number of hydrogen-bond acceptors (Lipinski definition) is 3. The van der Waals surface area contributed by atoms with Gasteiger partial charge in [0, 0.05) is 16.8 Å². The zero-order valence-corrected chi connectivity index (χ0v) is 9.44. The SMILES string of the molecule is Cc1cc(-c2ccc(N)cc2)c2cn[nH]c2n1. The predicted molar refractivity (Wildman–Crippen MR) is 68.5 cm³/mol. The molecule has 0 radical (unpaired) electrons. The minimum atomic E-state index is 0.767. The van der Waals surface area contributed by atoms with Crippen LogP contribution in [0.2, 0.25) is 0 Å². The highest BCUT2D eigenvalue weighted by Gasteiger charge is 2.07. The molecule has 0 bridgehead atoms. The van der Waals surface area contributed by atoms with E-state index in [-0.39, 0.29) is 0 Å². The van der Waals surface area contributed by atoms with Gasteiger partial charge in [-0.25, -0.2) is 4.98 Å². The van der Waals surface area contributed by atoms with Crippen LogP contribution >= 0.6 is 0 Å². The zero-order chi connectivity index (χ0) is 11.8. The molecule has 3 aromatic rings. The molecule has 3 N–H and O–H groups in total. The molecule has 0 spiro atoms. The molecule has 0 unspecified atom stereocenters. The second-order valence-corrected chi connectivity index (χ2v) is 4.07. The molecule has 4 heteroatoms. The Morgan fingerprint density at radius 2 is 1.94 bits per heavy atom. The summed E-state index contributed by atoms with van der Waals surface area (Å²) in [6, 6.07) is 9.88. The topological polar surface area (TPSA) is 67.6 Å². The molecule has 3 rings (SSSR count). The van der Waals surface area contributed by atoms with Crippen molar-refractivity contribution in [2.24, 2.45) is 0 Å². The number of rotatable bonds is 1. The van der Waals surface area contributed by atoms with Crippen LogP contribution in [0.3, 0.4) is 0 Å². The molecule has 1 aromatic carbocycles. The highest BCUT2D eigenvalue weighted by atomic mass is 15.1. The van der Waals surface area contributed by atoms with Crippen LogP contribution in [0, 0.1) is 6.92 Å². The van der Waals surface area contributed by atoms with Crippen LogP contribution in [0.4, 0.5) is 5.69 Å². The lowest BCUT2D eigenvalue weighted by Crippen LogP contribution is -1.88. The fourth-order valence-corrected chi connectivity index (χ4v) is 1.96. The first-order chi connectivity index (χ1) is 8.24. The number of nitrogens with one attached hydrogen (secondary N) is 1. The van der Waals surface area contributed by atoms with Crippen molar-refractivity contribution in [1.82, 2.24) is 15.2 Å². The van der Waals surface area contributed by atoms with Crippen LogP contribution in [-0.2, 0) is 0 Å². The van der Waals surface area contributed by atoms with Crippen LogP contribution in [0.15, 0.2) is 36.5 Å². The maximum atomic E-state index is 5.70. The number of nitrogens with two attached hydrogens (primary N) is 1. The van der Waals surface area contributed by atoms with E-state index in [4.69, 9.17) is 5.73 Å². The van der Waals surface area contributed by atoms with Gasteiger partial charge >= 0.3 is 0 Å². The van der Waals surface area contributed by atoms with E-state index >= 15 is 0 Å². The summed E-state index contributed by atoms with van der Waals surface area (Å²) in [5, 5.41) is 7.96. The van der Waals surface area contributed by atoms with Crippen LogP contribution in [-0.4, -0.2) is 15.2 Å². The van der Waals surface area contributed by atoms with E-state index < -0.39 is 0 Å². The molecule has 4 nitrogen and oxygen atoms in total. The highest BCUT2D eigenvalue weighted by Crippen LogP contribution is 2.27. The monoisotopic (exact) mass is 224 g/mol. The molecule has 0 atom stereocenters. The second kappa shape index (κ2) is 3.59. The van der Waals surface area contributed by atoms with E-state index in [1.807, 2.05) is 31.2 Å². The first-order valence-corrected chi connectivity index (χ1v) is 5.41. The lowest BCUT2D eigenvalue weighted by molar-refractivity contribution is 1.09. The third-order valence-electron chi connectivity index (χ3n) is 2.77. The van der Waals surface area contributed by atoms with E-state index in [9.17, 15) is 0 Å². The maximum Gasteiger partial charge on any atom is 0.155 e. The first kappa shape index (κ1) is 9.84. The minimum absolute atomic E-state index is 0.767. The molecule has 84 valence electrons. The van der Waals surface area contributed by atoms with Gasteiger partial charge in [-0.05, 0) is 36.2 Å². The number of fused-ring (bicyclic) bond motifs is 1. The lowest BCUT2D eigenvalue weighted by Gasteiger charge is -2.05. The van der Waals surface area contributed by atoms with E-state index in [2.05, 4.69) is 21.2 Å². The Bertz CT molecular complexity index is 667. The van der Waals surface area contributed by atoms with Crippen molar-refractivity contribution in [3.05, 3.63) is 42.2 Å². The Morgan fingerprint density at radius 3 is 2.71 bits per heavy atom. The van der Waals surface area contributed by atoms with Gasteiger partial charge < -0.3 is 5.73 Å². The number of aryl methyl sites for hydroxylation is 1. The molecule has 0 aliphatic rings. The second-order valence-electron chi connectivity index (χ2n) is 4.07. The van der Waals surface area contributed by atoms with Crippen molar-refractivity contribution >= 4 is 16.7 Å². The number of aromatic nitrogens is 3. The van der Waals surface area contributed by atoms with Crippen LogP contribution in [0.5, 0.6) is 0 Å². The van der Waals surface area contributed by atoms with Gasteiger partial charge in [0.05, 0.1) is 6.20 Å². The zero-order valence-electron chi connectivity index (χ0n) is 9.44. The Kier molecular flexibility index (Phi) is 2.08. The normalized spacial score (nSPS) is 10.9. The molecular weight excluding hydrogens is 212 g/mol. The Balaban J connectivity index is 2.28. The summed E-state index contributed by atoms with van der Waals surface area (Å²) < 4.78 is 0. The number of hydrogen-bond donors (Lipinski definition) is 2. The molecule has 0 aliphatic heterocycles. The molecule has 2 aromatic heterocycles. The average Bonchev–Trinajstić information content (AvgIpc) is 2.77. The van der Waals surface area contributed by atoms with Crippen molar-refractivity contribution in [2.45, 2.75) is 6.92 Å². The van der Waals surface area contributed by atoms with E-state index in [0.717, 1.165) is 33.5 Å².